The van der Waals surface area contributed by atoms with E-state index in [2.05, 4.69) is 6.92 Å². The molecule has 0 radical (unpaired) electrons. The second kappa shape index (κ2) is 5.51. The van der Waals surface area contributed by atoms with Crippen LogP contribution in [0.5, 0.6) is 0 Å². The van der Waals surface area contributed by atoms with Crippen molar-refractivity contribution in [3.05, 3.63) is 15.3 Å². The molecule has 0 unspecified atom stereocenters. The van der Waals surface area contributed by atoms with Gasteiger partial charge in [0.15, 0.2) is 0 Å². The summed E-state index contributed by atoms with van der Waals surface area (Å²) >= 11 is 7.48. The average Bonchev–Trinajstić information content (AvgIpc) is 2.41. The highest BCUT2D eigenvalue weighted by Gasteiger charge is 2.02. The molecule has 2 N–H and O–H groups in total. The Morgan fingerprint density at radius 1 is 1.38 bits per heavy atom. The van der Waals surface area contributed by atoms with E-state index in [0.717, 1.165) is 16.4 Å². The third kappa shape index (κ3) is 3.57. The van der Waals surface area contributed by atoms with Gasteiger partial charge in [-0.3, -0.25) is 0 Å². The SMILES string of the molecule is CCCCCCc1cc(N)c(Cl)s1. The van der Waals surface area contributed by atoms with Gasteiger partial charge in [0, 0.05) is 4.88 Å². The largest absolute Gasteiger partial charge is 0.397 e. The van der Waals surface area contributed by atoms with Crippen molar-refractivity contribution < 1.29 is 0 Å². The lowest BCUT2D eigenvalue weighted by Gasteiger charge is -1.95. The number of unbranched alkanes of at least 4 members (excludes halogenated alkanes) is 3. The third-order valence-corrected chi connectivity index (χ3v) is 3.49. The Morgan fingerprint density at radius 3 is 2.69 bits per heavy atom. The maximum absolute atomic E-state index is 5.86. The van der Waals surface area contributed by atoms with Gasteiger partial charge in [0.05, 0.1) is 5.69 Å². The molecule has 1 rings (SSSR count). The molecule has 0 atom stereocenters. The smallest absolute Gasteiger partial charge is 0.116 e. The Hall–Kier alpha value is -0.210. The molecule has 0 amide bonds. The molecule has 13 heavy (non-hydrogen) atoms. The van der Waals surface area contributed by atoms with E-state index in [-0.39, 0.29) is 0 Å². The molecule has 0 fully saturated rings. The Kier molecular flexibility index (Phi) is 4.60. The Balaban J connectivity index is 2.29. The fraction of sp³-hybridized carbons (Fsp3) is 0.600. The van der Waals surface area contributed by atoms with Gasteiger partial charge >= 0.3 is 0 Å². The molecule has 0 aliphatic carbocycles. The minimum atomic E-state index is 0.733. The van der Waals surface area contributed by atoms with Crippen molar-refractivity contribution in [3.8, 4) is 0 Å². The van der Waals surface area contributed by atoms with Gasteiger partial charge in [-0.1, -0.05) is 37.8 Å². The van der Waals surface area contributed by atoms with Gasteiger partial charge in [0.1, 0.15) is 4.34 Å². The predicted octanol–water partition coefficient (Wildman–Crippen LogP) is 4.11. The number of halogens is 1. The van der Waals surface area contributed by atoms with E-state index in [1.807, 2.05) is 6.07 Å². The Bertz CT molecular complexity index is 238. The summed E-state index contributed by atoms with van der Waals surface area (Å²) in [6.45, 7) is 2.22. The molecular weight excluding hydrogens is 202 g/mol. The number of thiophene rings is 1. The first-order chi connectivity index (χ1) is 6.24. The number of nitrogens with two attached hydrogens (primary N) is 1. The monoisotopic (exact) mass is 217 g/mol. The molecule has 0 spiro atoms. The van der Waals surface area contributed by atoms with E-state index < -0.39 is 0 Å². The van der Waals surface area contributed by atoms with Crippen LogP contribution in [-0.4, -0.2) is 0 Å². The molecule has 0 aromatic carbocycles. The number of aryl methyl sites for hydroxylation is 1. The topological polar surface area (TPSA) is 26.0 Å². The first-order valence-corrected chi connectivity index (χ1v) is 5.97. The van der Waals surface area contributed by atoms with Crippen LogP contribution < -0.4 is 5.73 Å². The summed E-state index contributed by atoms with van der Waals surface area (Å²) in [6.07, 6.45) is 6.31. The zero-order chi connectivity index (χ0) is 9.68. The van der Waals surface area contributed by atoms with E-state index in [1.54, 1.807) is 11.3 Å². The molecule has 3 heteroatoms. The van der Waals surface area contributed by atoms with Crippen LogP contribution in [0.15, 0.2) is 6.07 Å². The van der Waals surface area contributed by atoms with Gasteiger partial charge < -0.3 is 5.73 Å². The fourth-order valence-corrected chi connectivity index (χ4v) is 2.47. The van der Waals surface area contributed by atoms with Crippen LogP contribution in [0.3, 0.4) is 0 Å². The average molecular weight is 218 g/mol. The molecule has 0 aliphatic heterocycles. The number of hydrogen-bond donors (Lipinski definition) is 1. The van der Waals surface area contributed by atoms with Crippen LogP contribution in [0.1, 0.15) is 37.5 Å². The van der Waals surface area contributed by atoms with Crippen molar-refractivity contribution in [1.29, 1.82) is 0 Å². The number of hydrogen-bond acceptors (Lipinski definition) is 2. The van der Waals surface area contributed by atoms with Crippen molar-refractivity contribution >= 4 is 28.6 Å². The molecule has 74 valence electrons. The molecule has 0 bridgehead atoms. The van der Waals surface area contributed by atoms with E-state index in [4.69, 9.17) is 17.3 Å². The molecule has 0 saturated carbocycles. The highest BCUT2D eigenvalue weighted by Crippen LogP contribution is 2.30. The summed E-state index contributed by atoms with van der Waals surface area (Å²) in [5, 5.41) is 0. The van der Waals surface area contributed by atoms with Gasteiger partial charge in [-0.15, -0.1) is 11.3 Å². The normalized spacial score (nSPS) is 10.6. The van der Waals surface area contributed by atoms with Crippen LogP contribution >= 0.6 is 22.9 Å². The highest BCUT2D eigenvalue weighted by atomic mass is 35.5. The number of rotatable bonds is 5. The van der Waals surface area contributed by atoms with Crippen molar-refractivity contribution in [2.45, 2.75) is 39.0 Å². The van der Waals surface area contributed by atoms with E-state index in [9.17, 15) is 0 Å². The van der Waals surface area contributed by atoms with Crippen LogP contribution in [-0.2, 0) is 6.42 Å². The third-order valence-electron chi connectivity index (χ3n) is 2.04. The van der Waals surface area contributed by atoms with Crippen LogP contribution in [0.4, 0.5) is 5.69 Å². The first kappa shape index (κ1) is 10.9. The maximum Gasteiger partial charge on any atom is 0.116 e. The molecule has 1 heterocycles. The Labute approximate surface area is 88.9 Å². The summed E-state index contributed by atoms with van der Waals surface area (Å²) in [7, 11) is 0. The van der Waals surface area contributed by atoms with Crippen LogP contribution in [0, 0.1) is 0 Å². The van der Waals surface area contributed by atoms with Gasteiger partial charge in [-0.25, -0.2) is 0 Å². The van der Waals surface area contributed by atoms with Gasteiger partial charge in [0.2, 0.25) is 0 Å². The Morgan fingerprint density at radius 2 is 2.15 bits per heavy atom. The van der Waals surface area contributed by atoms with E-state index in [1.165, 1.54) is 30.6 Å². The maximum atomic E-state index is 5.86. The second-order valence-corrected chi connectivity index (χ2v) is 4.99. The molecule has 1 aromatic heterocycles. The molecule has 0 saturated heterocycles. The van der Waals surface area contributed by atoms with E-state index >= 15 is 0 Å². The van der Waals surface area contributed by atoms with Crippen molar-refractivity contribution in [1.82, 2.24) is 0 Å². The lowest BCUT2D eigenvalue weighted by atomic mass is 10.1. The summed E-state index contributed by atoms with van der Waals surface area (Å²) in [6, 6.07) is 2.00. The van der Waals surface area contributed by atoms with Crippen LogP contribution in [0.2, 0.25) is 4.34 Å². The number of anilines is 1. The highest BCUT2D eigenvalue weighted by molar-refractivity contribution is 7.16. The zero-order valence-electron chi connectivity index (χ0n) is 7.98. The minimum absolute atomic E-state index is 0.733. The van der Waals surface area contributed by atoms with Crippen molar-refractivity contribution in [3.63, 3.8) is 0 Å². The lowest BCUT2D eigenvalue weighted by molar-refractivity contribution is 0.670. The van der Waals surface area contributed by atoms with Crippen LogP contribution in [0.25, 0.3) is 0 Å². The van der Waals surface area contributed by atoms with E-state index in [0.29, 0.717) is 0 Å². The number of nitrogen functional groups attached to an aromatic ring is 1. The first-order valence-electron chi connectivity index (χ1n) is 4.77. The van der Waals surface area contributed by atoms with Crippen molar-refractivity contribution in [2.24, 2.45) is 0 Å². The molecule has 1 nitrogen and oxygen atoms in total. The van der Waals surface area contributed by atoms with Gasteiger partial charge in [-0.05, 0) is 18.9 Å². The van der Waals surface area contributed by atoms with Crippen molar-refractivity contribution in [2.75, 3.05) is 5.73 Å². The quantitative estimate of drug-likeness (QED) is 0.739. The summed E-state index contributed by atoms with van der Waals surface area (Å²) in [5.41, 5.74) is 6.38. The summed E-state index contributed by atoms with van der Waals surface area (Å²) in [4.78, 5) is 1.32. The predicted molar refractivity (Wildman–Crippen MR) is 61.6 cm³/mol. The van der Waals surface area contributed by atoms with Gasteiger partial charge in [0.25, 0.3) is 0 Å². The summed E-state index contributed by atoms with van der Waals surface area (Å²) in [5.74, 6) is 0. The second-order valence-electron chi connectivity index (χ2n) is 3.25. The molecule has 0 aliphatic rings. The summed E-state index contributed by atoms with van der Waals surface area (Å²) < 4.78 is 0.741. The zero-order valence-corrected chi connectivity index (χ0v) is 9.55. The molecular formula is C10H16ClNS. The lowest BCUT2D eigenvalue weighted by Crippen LogP contribution is -1.82. The molecule has 1 aromatic rings. The standard InChI is InChI=1S/C10H16ClNS/c1-2-3-4-5-6-8-7-9(12)10(11)13-8/h7H,2-6,12H2,1H3. The minimum Gasteiger partial charge on any atom is -0.397 e. The fourth-order valence-electron chi connectivity index (χ4n) is 1.28. The van der Waals surface area contributed by atoms with Gasteiger partial charge in [-0.2, -0.15) is 0 Å².